The van der Waals surface area contributed by atoms with Crippen LogP contribution in [0, 0.1) is 6.92 Å². The number of hydrogen-bond donors (Lipinski definition) is 1. The van der Waals surface area contributed by atoms with Crippen molar-refractivity contribution in [3.8, 4) is 11.1 Å². The third-order valence-electron chi connectivity index (χ3n) is 3.66. The number of benzene rings is 1. The first-order valence-electron chi connectivity index (χ1n) is 6.65. The van der Waals surface area contributed by atoms with E-state index in [0.717, 1.165) is 18.7 Å². The summed E-state index contributed by atoms with van der Waals surface area (Å²) in [6.45, 7) is 3.68. The molecule has 1 aromatic heterocycles. The molecule has 1 aliphatic heterocycles. The average molecular weight is 241 g/mol. The highest BCUT2D eigenvalue weighted by molar-refractivity contribution is 5.69. The van der Waals surface area contributed by atoms with Crippen molar-refractivity contribution in [3.05, 3.63) is 41.2 Å². The molecule has 94 valence electrons. The van der Waals surface area contributed by atoms with E-state index in [1.54, 1.807) is 0 Å². The highest BCUT2D eigenvalue weighted by atomic mass is 15.3. The zero-order valence-corrected chi connectivity index (χ0v) is 10.8. The minimum absolute atomic E-state index is 0.517. The number of rotatable bonds is 2. The zero-order chi connectivity index (χ0) is 12.5. The summed E-state index contributed by atoms with van der Waals surface area (Å²) in [4.78, 5) is 0. The van der Waals surface area contributed by atoms with Crippen molar-refractivity contribution in [1.82, 2.24) is 9.78 Å². The fraction of sp³-hybridized carbons (Fsp3) is 0.400. The van der Waals surface area contributed by atoms with Crippen LogP contribution in [0.4, 0.5) is 0 Å². The summed E-state index contributed by atoms with van der Waals surface area (Å²) in [6.07, 6.45) is 3.61. The van der Waals surface area contributed by atoms with Gasteiger partial charge < -0.3 is 5.73 Å². The van der Waals surface area contributed by atoms with Gasteiger partial charge in [-0.05, 0) is 31.7 Å². The van der Waals surface area contributed by atoms with Crippen LogP contribution in [0.1, 0.15) is 29.8 Å². The van der Waals surface area contributed by atoms with E-state index >= 15 is 0 Å². The van der Waals surface area contributed by atoms with Gasteiger partial charge in [0.1, 0.15) is 0 Å². The van der Waals surface area contributed by atoms with Gasteiger partial charge >= 0.3 is 0 Å². The summed E-state index contributed by atoms with van der Waals surface area (Å²) in [5.41, 5.74) is 12.1. The third kappa shape index (κ3) is 1.85. The third-order valence-corrected chi connectivity index (χ3v) is 3.66. The Hall–Kier alpha value is -1.61. The van der Waals surface area contributed by atoms with Crippen LogP contribution in [0.25, 0.3) is 11.1 Å². The van der Waals surface area contributed by atoms with Crippen molar-refractivity contribution in [2.75, 3.05) is 0 Å². The predicted molar refractivity (Wildman–Crippen MR) is 73.2 cm³/mol. The van der Waals surface area contributed by atoms with Crippen molar-refractivity contribution in [2.24, 2.45) is 5.73 Å². The standard InChI is InChI=1S/C15H19N3/c1-11-5-4-6-12(9-11)15-13(10-16)17-18-8-3-2-7-14(15)18/h4-6,9H,2-3,7-8,10,16H2,1H3. The quantitative estimate of drug-likeness (QED) is 0.878. The monoisotopic (exact) mass is 241 g/mol. The Morgan fingerprint density at radius 1 is 1.33 bits per heavy atom. The molecular formula is C15H19N3. The Balaban J connectivity index is 2.18. The number of aryl methyl sites for hydroxylation is 2. The molecule has 0 spiro atoms. The lowest BCUT2D eigenvalue weighted by molar-refractivity contribution is 0.484. The van der Waals surface area contributed by atoms with Crippen LogP contribution in [-0.2, 0) is 19.5 Å². The Morgan fingerprint density at radius 2 is 2.22 bits per heavy atom. The summed E-state index contributed by atoms with van der Waals surface area (Å²) >= 11 is 0. The summed E-state index contributed by atoms with van der Waals surface area (Å²) < 4.78 is 2.16. The lowest BCUT2D eigenvalue weighted by Gasteiger charge is -2.15. The molecule has 2 N–H and O–H groups in total. The maximum Gasteiger partial charge on any atom is 0.0841 e. The molecule has 0 bridgehead atoms. The molecule has 2 aromatic rings. The number of hydrogen-bond acceptors (Lipinski definition) is 2. The topological polar surface area (TPSA) is 43.8 Å². The molecule has 3 rings (SSSR count). The van der Waals surface area contributed by atoms with E-state index in [4.69, 9.17) is 5.73 Å². The Labute approximate surface area is 108 Å². The SMILES string of the molecule is Cc1cccc(-c2c(CN)nn3c2CCCC3)c1. The zero-order valence-electron chi connectivity index (χ0n) is 10.8. The largest absolute Gasteiger partial charge is 0.325 e. The fourth-order valence-electron chi connectivity index (χ4n) is 2.82. The second-order valence-electron chi connectivity index (χ2n) is 5.02. The van der Waals surface area contributed by atoms with Gasteiger partial charge in [-0.15, -0.1) is 0 Å². The number of fused-ring (bicyclic) bond motifs is 1. The molecule has 0 saturated heterocycles. The van der Waals surface area contributed by atoms with Crippen LogP contribution in [0.15, 0.2) is 24.3 Å². The molecule has 3 nitrogen and oxygen atoms in total. The maximum atomic E-state index is 5.86. The predicted octanol–water partition coefficient (Wildman–Crippen LogP) is 2.65. The van der Waals surface area contributed by atoms with Crippen molar-refractivity contribution < 1.29 is 0 Å². The van der Waals surface area contributed by atoms with E-state index in [9.17, 15) is 0 Å². The Morgan fingerprint density at radius 3 is 3.00 bits per heavy atom. The molecule has 1 aliphatic rings. The minimum Gasteiger partial charge on any atom is -0.325 e. The van der Waals surface area contributed by atoms with E-state index in [-0.39, 0.29) is 0 Å². The van der Waals surface area contributed by atoms with Crippen LogP contribution in [0.5, 0.6) is 0 Å². The van der Waals surface area contributed by atoms with Gasteiger partial charge in [-0.2, -0.15) is 5.10 Å². The summed E-state index contributed by atoms with van der Waals surface area (Å²) in [7, 11) is 0. The van der Waals surface area contributed by atoms with E-state index in [1.807, 2.05) is 0 Å². The van der Waals surface area contributed by atoms with Crippen LogP contribution < -0.4 is 5.73 Å². The minimum atomic E-state index is 0.517. The number of aromatic nitrogens is 2. The Kier molecular flexibility index (Phi) is 2.92. The van der Waals surface area contributed by atoms with Crippen molar-refractivity contribution in [1.29, 1.82) is 0 Å². The fourth-order valence-corrected chi connectivity index (χ4v) is 2.82. The van der Waals surface area contributed by atoms with Gasteiger partial charge in [0.05, 0.1) is 5.69 Å². The van der Waals surface area contributed by atoms with Crippen molar-refractivity contribution in [2.45, 2.75) is 39.3 Å². The summed E-state index contributed by atoms with van der Waals surface area (Å²) in [5.74, 6) is 0. The van der Waals surface area contributed by atoms with Gasteiger partial charge in [-0.25, -0.2) is 0 Å². The molecule has 2 heterocycles. The molecule has 0 radical (unpaired) electrons. The second-order valence-corrected chi connectivity index (χ2v) is 5.02. The van der Waals surface area contributed by atoms with Gasteiger partial charge in [-0.3, -0.25) is 4.68 Å². The number of nitrogens with two attached hydrogens (primary N) is 1. The maximum absolute atomic E-state index is 5.86. The highest BCUT2D eigenvalue weighted by Gasteiger charge is 2.20. The van der Waals surface area contributed by atoms with Crippen LogP contribution >= 0.6 is 0 Å². The molecule has 0 unspecified atom stereocenters. The van der Waals surface area contributed by atoms with E-state index in [2.05, 4.69) is 41.0 Å². The highest BCUT2D eigenvalue weighted by Crippen LogP contribution is 2.31. The van der Waals surface area contributed by atoms with Crippen molar-refractivity contribution in [3.63, 3.8) is 0 Å². The Bertz CT molecular complexity index is 569. The molecule has 0 aliphatic carbocycles. The van der Waals surface area contributed by atoms with E-state index in [0.29, 0.717) is 6.54 Å². The van der Waals surface area contributed by atoms with Gasteiger partial charge in [0.2, 0.25) is 0 Å². The molecule has 0 fully saturated rings. The summed E-state index contributed by atoms with van der Waals surface area (Å²) in [5, 5.41) is 4.67. The molecule has 0 saturated carbocycles. The molecule has 1 aromatic carbocycles. The number of nitrogens with zero attached hydrogens (tertiary/aromatic N) is 2. The van der Waals surface area contributed by atoms with Gasteiger partial charge in [0.15, 0.2) is 0 Å². The van der Waals surface area contributed by atoms with E-state index < -0.39 is 0 Å². The van der Waals surface area contributed by atoms with Crippen LogP contribution in [-0.4, -0.2) is 9.78 Å². The molecule has 3 heteroatoms. The molecule has 18 heavy (non-hydrogen) atoms. The van der Waals surface area contributed by atoms with Crippen molar-refractivity contribution >= 4 is 0 Å². The van der Waals surface area contributed by atoms with Crippen LogP contribution in [0.2, 0.25) is 0 Å². The normalized spacial score (nSPS) is 14.6. The van der Waals surface area contributed by atoms with E-state index in [1.165, 1.54) is 35.2 Å². The lowest BCUT2D eigenvalue weighted by Crippen LogP contribution is -2.11. The molecule has 0 amide bonds. The van der Waals surface area contributed by atoms with Gasteiger partial charge in [-0.1, -0.05) is 29.8 Å². The first kappa shape index (κ1) is 11.5. The smallest absolute Gasteiger partial charge is 0.0841 e. The first-order chi connectivity index (χ1) is 8.79. The second kappa shape index (κ2) is 4.58. The first-order valence-corrected chi connectivity index (χ1v) is 6.65. The lowest BCUT2D eigenvalue weighted by atomic mass is 9.97. The van der Waals surface area contributed by atoms with Gasteiger partial charge in [0.25, 0.3) is 0 Å². The van der Waals surface area contributed by atoms with Crippen LogP contribution in [0.3, 0.4) is 0 Å². The average Bonchev–Trinajstić information content (AvgIpc) is 2.77. The molecule has 0 atom stereocenters. The van der Waals surface area contributed by atoms with Gasteiger partial charge in [0, 0.05) is 24.3 Å². The molecular weight excluding hydrogens is 222 g/mol. The summed E-state index contributed by atoms with van der Waals surface area (Å²) in [6, 6.07) is 8.63.